The van der Waals surface area contributed by atoms with Gasteiger partial charge in [0.1, 0.15) is 0 Å². The van der Waals surface area contributed by atoms with E-state index in [0.29, 0.717) is 0 Å². The second-order valence-electron chi connectivity index (χ2n) is 3.94. The number of aromatic amines is 1. The molecule has 0 aliphatic heterocycles. The molecule has 0 saturated carbocycles. The van der Waals surface area contributed by atoms with E-state index < -0.39 is 0 Å². The summed E-state index contributed by atoms with van der Waals surface area (Å²) in [5.41, 5.74) is 1.15. The lowest BCUT2D eigenvalue weighted by Crippen LogP contribution is -2.34. The van der Waals surface area contributed by atoms with Crippen LogP contribution in [0.1, 0.15) is 23.1 Å². The van der Waals surface area contributed by atoms with Gasteiger partial charge in [-0.3, -0.25) is 4.79 Å². The Labute approximate surface area is 112 Å². The Morgan fingerprint density at radius 3 is 2.78 bits per heavy atom. The number of carbonyl (C=O) groups is 1. The van der Waals surface area contributed by atoms with Gasteiger partial charge in [0.15, 0.2) is 0 Å². The molecule has 2 aromatic rings. The van der Waals surface area contributed by atoms with Crippen LogP contribution in [0, 0.1) is 0 Å². The maximum Gasteiger partial charge on any atom is 0.293 e. The Morgan fingerprint density at radius 1 is 1.44 bits per heavy atom. The summed E-state index contributed by atoms with van der Waals surface area (Å²) in [4.78, 5) is 11.7. The summed E-state index contributed by atoms with van der Waals surface area (Å²) in [6.07, 6.45) is 0.747. The van der Waals surface area contributed by atoms with Gasteiger partial charge in [-0.1, -0.05) is 28.1 Å². The van der Waals surface area contributed by atoms with E-state index in [9.17, 15) is 4.79 Å². The monoisotopic (exact) mass is 309 g/mol. The van der Waals surface area contributed by atoms with Crippen LogP contribution in [0.2, 0.25) is 0 Å². The van der Waals surface area contributed by atoms with E-state index in [1.54, 1.807) is 0 Å². The molecule has 18 heavy (non-hydrogen) atoms. The van der Waals surface area contributed by atoms with Gasteiger partial charge in [-0.15, -0.1) is 10.2 Å². The highest BCUT2D eigenvalue weighted by Gasteiger charge is 2.13. The normalized spacial score (nSPS) is 12.1. The third-order valence-electron chi connectivity index (χ3n) is 2.38. The molecular formula is C11H12BrN5O. The molecule has 0 spiro atoms. The zero-order chi connectivity index (χ0) is 13.0. The van der Waals surface area contributed by atoms with Crippen LogP contribution in [0.5, 0.6) is 0 Å². The number of aromatic nitrogens is 4. The summed E-state index contributed by atoms with van der Waals surface area (Å²) in [6.45, 7) is 1.93. The Hall–Kier alpha value is -1.76. The number of nitrogens with zero attached hydrogens (tertiary/aromatic N) is 3. The first-order chi connectivity index (χ1) is 8.65. The number of benzene rings is 1. The number of rotatable bonds is 4. The second kappa shape index (κ2) is 5.72. The Balaban J connectivity index is 1.90. The molecule has 0 radical (unpaired) electrons. The fourth-order valence-corrected chi connectivity index (χ4v) is 1.84. The summed E-state index contributed by atoms with van der Waals surface area (Å²) < 4.78 is 1.04. The predicted octanol–water partition coefficient (Wildman–Crippen LogP) is 1.32. The molecule has 0 fully saturated rings. The van der Waals surface area contributed by atoms with E-state index >= 15 is 0 Å². The van der Waals surface area contributed by atoms with Crippen LogP contribution >= 0.6 is 15.9 Å². The third kappa shape index (κ3) is 3.36. The first kappa shape index (κ1) is 12.7. The molecule has 1 aromatic heterocycles. The van der Waals surface area contributed by atoms with Crippen LogP contribution in [0.15, 0.2) is 28.7 Å². The Kier molecular flexibility index (Phi) is 4.03. The maximum atomic E-state index is 11.7. The summed E-state index contributed by atoms with van der Waals surface area (Å²) in [5.74, 6) is -0.272. The molecule has 1 amide bonds. The van der Waals surface area contributed by atoms with Gasteiger partial charge in [-0.25, -0.2) is 0 Å². The van der Waals surface area contributed by atoms with Crippen LogP contribution in [0.3, 0.4) is 0 Å². The molecule has 1 unspecified atom stereocenters. The van der Waals surface area contributed by atoms with Crippen molar-refractivity contribution in [1.82, 2.24) is 25.9 Å². The standard InChI is InChI=1S/C11H12BrN5O/c1-7(6-8-2-4-9(12)5-3-8)13-11(18)10-14-16-17-15-10/h2-5,7H,6H2,1H3,(H,13,18)(H,14,15,16,17). The lowest BCUT2D eigenvalue weighted by molar-refractivity contribution is 0.0929. The molecule has 94 valence electrons. The first-order valence-electron chi connectivity index (χ1n) is 5.44. The van der Waals surface area contributed by atoms with Crippen molar-refractivity contribution in [2.75, 3.05) is 0 Å². The SMILES string of the molecule is CC(Cc1ccc(Br)cc1)NC(=O)c1nn[nH]n1. The molecule has 2 rings (SSSR count). The van der Waals surface area contributed by atoms with Crippen molar-refractivity contribution < 1.29 is 4.79 Å². The highest BCUT2D eigenvalue weighted by molar-refractivity contribution is 9.10. The fourth-order valence-electron chi connectivity index (χ4n) is 1.57. The molecule has 1 heterocycles. The number of tetrazole rings is 1. The van der Waals surface area contributed by atoms with Gasteiger partial charge in [0.2, 0.25) is 0 Å². The Morgan fingerprint density at radius 2 is 2.17 bits per heavy atom. The molecule has 0 aliphatic rings. The summed E-state index contributed by atoms with van der Waals surface area (Å²) in [5, 5.41) is 15.6. The smallest absolute Gasteiger partial charge is 0.293 e. The van der Waals surface area contributed by atoms with Gasteiger partial charge in [0, 0.05) is 10.5 Å². The topological polar surface area (TPSA) is 83.6 Å². The van der Waals surface area contributed by atoms with Crippen LogP contribution in [0.4, 0.5) is 0 Å². The Bertz CT molecular complexity index is 511. The zero-order valence-electron chi connectivity index (χ0n) is 9.72. The minimum atomic E-state index is -0.326. The number of hydrogen-bond donors (Lipinski definition) is 2. The summed E-state index contributed by atoms with van der Waals surface area (Å²) in [6, 6.07) is 7.98. The van der Waals surface area contributed by atoms with Gasteiger partial charge in [0.05, 0.1) is 0 Å². The van der Waals surface area contributed by atoms with E-state index in [1.807, 2.05) is 31.2 Å². The third-order valence-corrected chi connectivity index (χ3v) is 2.91. The highest BCUT2D eigenvalue weighted by atomic mass is 79.9. The van der Waals surface area contributed by atoms with Crippen LogP contribution in [0.25, 0.3) is 0 Å². The first-order valence-corrected chi connectivity index (χ1v) is 6.23. The van der Waals surface area contributed by atoms with Crippen molar-refractivity contribution >= 4 is 21.8 Å². The number of hydrogen-bond acceptors (Lipinski definition) is 4. The average molecular weight is 310 g/mol. The van der Waals surface area contributed by atoms with Crippen molar-refractivity contribution in [3.05, 3.63) is 40.1 Å². The highest BCUT2D eigenvalue weighted by Crippen LogP contribution is 2.11. The van der Waals surface area contributed by atoms with Crippen LogP contribution < -0.4 is 5.32 Å². The van der Waals surface area contributed by atoms with E-state index in [-0.39, 0.29) is 17.8 Å². The molecule has 0 bridgehead atoms. The molecular weight excluding hydrogens is 298 g/mol. The molecule has 1 aromatic carbocycles. The van der Waals surface area contributed by atoms with Crippen LogP contribution in [-0.2, 0) is 6.42 Å². The molecule has 1 atom stereocenters. The quantitative estimate of drug-likeness (QED) is 0.892. The van der Waals surface area contributed by atoms with Gasteiger partial charge < -0.3 is 5.32 Å². The van der Waals surface area contributed by atoms with Gasteiger partial charge >= 0.3 is 0 Å². The molecule has 0 saturated heterocycles. The maximum absolute atomic E-state index is 11.7. The second-order valence-corrected chi connectivity index (χ2v) is 4.86. The number of amides is 1. The van der Waals surface area contributed by atoms with Crippen molar-refractivity contribution in [2.24, 2.45) is 0 Å². The summed E-state index contributed by atoms with van der Waals surface area (Å²) >= 11 is 3.38. The minimum absolute atomic E-state index is 0.00262. The lowest BCUT2D eigenvalue weighted by atomic mass is 10.1. The van der Waals surface area contributed by atoms with Crippen molar-refractivity contribution in [3.63, 3.8) is 0 Å². The number of halogens is 1. The fraction of sp³-hybridized carbons (Fsp3) is 0.273. The van der Waals surface area contributed by atoms with Gasteiger partial charge in [-0.2, -0.15) is 5.21 Å². The summed E-state index contributed by atoms with van der Waals surface area (Å²) in [7, 11) is 0. The molecule has 6 nitrogen and oxygen atoms in total. The number of H-pyrrole nitrogens is 1. The number of nitrogens with one attached hydrogen (secondary N) is 2. The van der Waals surface area contributed by atoms with E-state index in [2.05, 4.69) is 41.9 Å². The average Bonchev–Trinajstić information content (AvgIpc) is 2.85. The predicted molar refractivity (Wildman–Crippen MR) is 69.0 cm³/mol. The number of carbonyl (C=O) groups excluding carboxylic acids is 1. The van der Waals surface area contributed by atoms with Crippen molar-refractivity contribution in [3.8, 4) is 0 Å². The largest absolute Gasteiger partial charge is 0.346 e. The molecule has 7 heteroatoms. The lowest BCUT2D eigenvalue weighted by Gasteiger charge is -2.12. The van der Waals surface area contributed by atoms with Crippen molar-refractivity contribution in [1.29, 1.82) is 0 Å². The van der Waals surface area contributed by atoms with E-state index in [0.717, 1.165) is 16.5 Å². The minimum Gasteiger partial charge on any atom is -0.346 e. The van der Waals surface area contributed by atoms with Gasteiger partial charge in [0.25, 0.3) is 11.7 Å². The molecule has 2 N–H and O–H groups in total. The van der Waals surface area contributed by atoms with Gasteiger partial charge in [-0.05, 0) is 36.3 Å². The van der Waals surface area contributed by atoms with Crippen LogP contribution in [-0.4, -0.2) is 32.6 Å². The van der Waals surface area contributed by atoms with E-state index in [4.69, 9.17) is 0 Å². The van der Waals surface area contributed by atoms with E-state index in [1.165, 1.54) is 0 Å². The van der Waals surface area contributed by atoms with Crippen molar-refractivity contribution in [2.45, 2.75) is 19.4 Å². The molecule has 0 aliphatic carbocycles. The zero-order valence-corrected chi connectivity index (χ0v) is 11.3.